The van der Waals surface area contributed by atoms with Gasteiger partial charge in [0.15, 0.2) is 0 Å². The van der Waals surface area contributed by atoms with Crippen LogP contribution in [0.5, 0.6) is 0 Å². The van der Waals surface area contributed by atoms with E-state index in [1.54, 1.807) is 36.0 Å². The van der Waals surface area contributed by atoms with Crippen LogP contribution in [0.25, 0.3) is 0 Å². The van der Waals surface area contributed by atoms with Gasteiger partial charge in [0.2, 0.25) is 5.91 Å². The van der Waals surface area contributed by atoms with Crippen LogP contribution >= 0.6 is 23.4 Å². The van der Waals surface area contributed by atoms with Crippen molar-refractivity contribution in [3.8, 4) is 0 Å². The Labute approximate surface area is 120 Å². The molecule has 0 aliphatic rings. The van der Waals surface area contributed by atoms with E-state index in [0.717, 1.165) is 0 Å². The summed E-state index contributed by atoms with van der Waals surface area (Å²) >= 11 is 7.36. The first-order valence-electron chi connectivity index (χ1n) is 5.57. The maximum atomic E-state index is 12.0. The number of rotatable bonds is 6. The number of halogens is 1. The van der Waals surface area contributed by atoms with E-state index in [1.807, 2.05) is 6.26 Å². The third-order valence-electron chi connectivity index (χ3n) is 2.32. The van der Waals surface area contributed by atoms with Crippen molar-refractivity contribution in [2.45, 2.75) is 12.5 Å². The van der Waals surface area contributed by atoms with Crippen molar-refractivity contribution in [3.05, 3.63) is 29.3 Å². The third kappa shape index (κ3) is 5.85. The van der Waals surface area contributed by atoms with Gasteiger partial charge in [0, 0.05) is 10.7 Å². The predicted molar refractivity (Wildman–Crippen MR) is 78.0 cm³/mol. The first-order valence-corrected chi connectivity index (χ1v) is 7.35. The molecule has 0 aromatic heterocycles. The van der Waals surface area contributed by atoms with Crippen LogP contribution in [0.4, 0.5) is 10.5 Å². The van der Waals surface area contributed by atoms with Gasteiger partial charge in [0.1, 0.15) is 6.04 Å². The summed E-state index contributed by atoms with van der Waals surface area (Å²) in [6, 6.07) is 5.92. The molecule has 0 saturated carbocycles. The number of thioether (sulfide) groups is 1. The van der Waals surface area contributed by atoms with Gasteiger partial charge in [-0.15, -0.1) is 0 Å². The van der Waals surface area contributed by atoms with Crippen molar-refractivity contribution in [1.29, 1.82) is 0 Å². The van der Waals surface area contributed by atoms with Gasteiger partial charge in [-0.25, -0.2) is 4.79 Å². The van der Waals surface area contributed by atoms with Crippen LogP contribution < -0.4 is 10.6 Å². The molecule has 0 aliphatic carbocycles. The number of amides is 2. The molecule has 1 aromatic rings. The van der Waals surface area contributed by atoms with Crippen LogP contribution in [0.3, 0.4) is 0 Å². The van der Waals surface area contributed by atoms with Crippen molar-refractivity contribution in [2.24, 2.45) is 0 Å². The van der Waals surface area contributed by atoms with E-state index in [2.05, 4.69) is 10.6 Å². The molecule has 7 heteroatoms. The molecule has 0 bridgehead atoms. The van der Waals surface area contributed by atoms with Crippen LogP contribution in [-0.2, 0) is 4.79 Å². The second-order valence-electron chi connectivity index (χ2n) is 3.78. The molecule has 0 radical (unpaired) electrons. The highest BCUT2D eigenvalue weighted by atomic mass is 35.5. The minimum Gasteiger partial charge on any atom is -0.465 e. The monoisotopic (exact) mass is 302 g/mol. The zero-order valence-corrected chi connectivity index (χ0v) is 11.9. The number of benzene rings is 1. The Morgan fingerprint density at radius 3 is 2.79 bits per heavy atom. The van der Waals surface area contributed by atoms with Gasteiger partial charge in [-0.3, -0.25) is 4.79 Å². The molecule has 3 N–H and O–H groups in total. The lowest BCUT2D eigenvalue weighted by Gasteiger charge is -2.16. The zero-order chi connectivity index (χ0) is 14.3. The van der Waals surface area contributed by atoms with Gasteiger partial charge in [0.05, 0.1) is 0 Å². The number of hydrogen-bond donors (Lipinski definition) is 3. The fourth-order valence-electron chi connectivity index (χ4n) is 1.45. The molecule has 1 unspecified atom stereocenters. The number of carbonyl (C=O) groups excluding carboxylic acids is 1. The standard InChI is InChI=1S/C12H15ClN2O3S/c1-19-6-5-10(15-12(17)18)11(16)14-9-4-2-3-8(13)7-9/h2-4,7,10,15H,5-6H2,1H3,(H,14,16)(H,17,18). The number of nitrogens with one attached hydrogen (secondary N) is 2. The van der Waals surface area contributed by atoms with Gasteiger partial charge in [-0.05, 0) is 36.6 Å². The molecule has 0 aliphatic heterocycles. The summed E-state index contributed by atoms with van der Waals surface area (Å²) in [5.41, 5.74) is 0.541. The van der Waals surface area contributed by atoms with Gasteiger partial charge in [-0.2, -0.15) is 11.8 Å². The Hall–Kier alpha value is -1.40. The number of carbonyl (C=O) groups is 2. The predicted octanol–water partition coefficient (Wildman–Crippen LogP) is 2.67. The summed E-state index contributed by atoms with van der Waals surface area (Å²) in [6.45, 7) is 0. The van der Waals surface area contributed by atoms with Gasteiger partial charge in [0.25, 0.3) is 0 Å². The molecule has 19 heavy (non-hydrogen) atoms. The van der Waals surface area contributed by atoms with Crippen molar-refractivity contribution < 1.29 is 14.7 Å². The average Bonchev–Trinajstić information content (AvgIpc) is 2.34. The maximum Gasteiger partial charge on any atom is 0.405 e. The Bertz CT molecular complexity index is 456. The molecule has 0 saturated heterocycles. The van der Waals surface area contributed by atoms with Crippen LogP contribution in [0.2, 0.25) is 5.02 Å². The van der Waals surface area contributed by atoms with Gasteiger partial charge >= 0.3 is 6.09 Å². The lowest BCUT2D eigenvalue weighted by atomic mass is 10.2. The van der Waals surface area contributed by atoms with Crippen LogP contribution in [0.1, 0.15) is 6.42 Å². The minimum absolute atomic E-state index is 0.390. The number of carboxylic acid groups (broad SMARTS) is 1. The van der Waals surface area contributed by atoms with E-state index in [1.165, 1.54) is 0 Å². The minimum atomic E-state index is -1.22. The van der Waals surface area contributed by atoms with Crippen LogP contribution in [0, 0.1) is 0 Å². The average molecular weight is 303 g/mol. The highest BCUT2D eigenvalue weighted by molar-refractivity contribution is 7.98. The van der Waals surface area contributed by atoms with Gasteiger partial charge < -0.3 is 15.7 Å². The van der Waals surface area contributed by atoms with Gasteiger partial charge in [-0.1, -0.05) is 17.7 Å². The third-order valence-corrected chi connectivity index (χ3v) is 3.20. The largest absolute Gasteiger partial charge is 0.465 e. The Kier molecular flexibility index (Phi) is 6.52. The zero-order valence-electron chi connectivity index (χ0n) is 10.4. The van der Waals surface area contributed by atoms with E-state index in [0.29, 0.717) is 22.9 Å². The highest BCUT2D eigenvalue weighted by Crippen LogP contribution is 2.15. The van der Waals surface area contributed by atoms with Crippen molar-refractivity contribution in [2.75, 3.05) is 17.3 Å². The van der Waals surface area contributed by atoms with Crippen LogP contribution in [-0.4, -0.2) is 35.2 Å². The summed E-state index contributed by atoms with van der Waals surface area (Å²) in [6.07, 6.45) is 1.11. The summed E-state index contributed by atoms with van der Waals surface area (Å²) < 4.78 is 0. The second-order valence-corrected chi connectivity index (χ2v) is 5.21. The first kappa shape index (κ1) is 15.7. The SMILES string of the molecule is CSCCC(NC(=O)O)C(=O)Nc1cccc(Cl)c1. The van der Waals surface area contributed by atoms with Crippen molar-refractivity contribution in [1.82, 2.24) is 5.32 Å². The molecule has 2 amide bonds. The second kappa shape index (κ2) is 7.91. The van der Waals surface area contributed by atoms with Crippen molar-refractivity contribution in [3.63, 3.8) is 0 Å². The van der Waals surface area contributed by atoms with E-state index in [9.17, 15) is 9.59 Å². The lowest BCUT2D eigenvalue weighted by molar-refractivity contribution is -0.118. The van der Waals surface area contributed by atoms with Crippen LogP contribution in [0.15, 0.2) is 24.3 Å². The Balaban J connectivity index is 2.67. The Morgan fingerprint density at radius 2 is 2.21 bits per heavy atom. The molecule has 104 valence electrons. The summed E-state index contributed by atoms with van der Waals surface area (Å²) in [5.74, 6) is 0.298. The molecule has 0 heterocycles. The quantitative estimate of drug-likeness (QED) is 0.755. The molecule has 0 fully saturated rings. The summed E-state index contributed by atoms with van der Waals surface area (Å²) in [5, 5.41) is 14.1. The van der Waals surface area contributed by atoms with E-state index < -0.39 is 18.0 Å². The molecule has 1 atom stereocenters. The molecular weight excluding hydrogens is 288 g/mol. The molecular formula is C12H15ClN2O3S. The van der Waals surface area contributed by atoms with E-state index in [-0.39, 0.29) is 0 Å². The fourth-order valence-corrected chi connectivity index (χ4v) is 2.11. The van der Waals surface area contributed by atoms with E-state index in [4.69, 9.17) is 16.7 Å². The molecule has 5 nitrogen and oxygen atoms in total. The fraction of sp³-hybridized carbons (Fsp3) is 0.333. The molecule has 0 spiro atoms. The maximum absolute atomic E-state index is 12.0. The molecule has 1 rings (SSSR count). The number of hydrogen-bond acceptors (Lipinski definition) is 3. The summed E-state index contributed by atoms with van der Waals surface area (Å²) in [4.78, 5) is 22.6. The topological polar surface area (TPSA) is 78.4 Å². The van der Waals surface area contributed by atoms with E-state index >= 15 is 0 Å². The molecule has 1 aromatic carbocycles. The first-order chi connectivity index (χ1) is 9.02. The Morgan fingerprint density at radius 1 is 1.47 bits per heavy atom. The smallest absolute Gasteiger partial charge is 0.405 e. The number of anilines is 1. The highest BCUT2D eigenvalue weighted by Gasteiger charge is 2.20. The lowest BCUT2D eigenvalue weighted by Crippen LogP contribution is -2.43. The summed E-state index contributed by atoms with van der Waals surface area (Å²) in [7, 11) is 0. The van der Waals surface area contributed by atoms with Crippen molar-refractivity contribution >= 4 is 41.1 Å². The normalized spacial score (nSPS) is 11.7.